The van der Waals surface area contributed by atoms with Gasteiger partial charge in [-0.25, -0.2) is 9.78 Å². The fourth-order valence-electron chi connectivity index (χ4n) is 1.99. The van der Waals surface area contributed by atoms with Gasteiger partial charge in [-0.3, -0.25) is 9.36 Å². The second-order valence-corrected chi connectivity index (χ2v) is 4.33. The van der Waals surface area contributed by atoms with Gasteiger partial charge in [-0.2, -0.15) is 0 Å². The van der Waals surface area contributed by atoms with Crippen molar-refractivity contribution in [3.63, 3.8) is 0 Å². The number of nitrogens with zero attached hydrogens (tertiary/aromatic N) is 2. The van der Waals surface area contributed by atoms with Gasteiger partial charge in [0.05, 0.1) is 12.1 Å². The van der Waals surface area contributed by atoms with Gasteiger partial charge in [0.25, 0.3) is 5.56 Å². The summed E-state index contributed by atoms with van der Waals surface area (Å²) in [4.78, 5) is 27.3. The van der Waals surface area contributed by atoms with Gasteiger partial charge < -0.3 is 5.11 Å². The van der Waals surface area contributed by atoms with Crippen molar-refractivity contribution in [2.45, 2.75) is 20.4 Å². The Hall–Kier alpha value is -2.43. The normalized spacial score (nSPS) is 10.4. The molecule has 5 heteroatoms. The molecule has 0 bridgehead atoms. The van der Waals surface area contributed by atoms with Crippen LogP contribution in [0.3, 0.4) is 0 Å². The number of benzene rings is 1. The van der Waals surface area contributed by atoms with Gasteiger partial charge in [0, 0.05) is 11.8 Å². The lowest BCUT2D eigenvalue weighted by atomic mass is 10.1. The third-order valence-corrected chi connectivity index (χ3v) is 2.90. The van der Waals surface area contributed by atoms with Crippen LogP contribution < -0.4 is 5.56 Å². The van der Waals surface area contributed by atoms with Crippen LogP contribution in [0.15, 0.2) is 35.1 Å². The molecule has 1 aromatic carbocycles. The Morgan fingerprint density at radius 1 is 1.32 bits per heavy atom. The largest absolute Gasteiger partial charge is 0.478 e. The molecular weight excluding hydrogens is 244 g/mol. The maximum absolute atomic E-state index is 11.9. The van der Waals surface area contributed by atoms with Crippen LogP contribution in [-0.4, -0.2) is 20.6 Å². The van der Waals surface area contributed by atoms with Gasteiger partial charge in [-0.1, -0.05) is 18.2 Å². The number of aryl methyl sites for hydroxylation is 2. The van der Waals surface area contributed by atoms with Crippen LogP contribution in [0.25, 0.3) is 0 Å². The molecule has 0 atom stereocenters. The van der Waals surface area contributed by atoms with Crippen LogP contribution in [0, 0.1) is 13.8 Å². The summed E-state index contributed by atoms with van der Waals surface area (Å²) in [6.07, 6.45) is 0. The summed E-state index contributed by atoms with van der Waals surface area (Å²) in [6, 6.07) is 8.09. The first kappa shape index (κ1) is 13.0. The minimum atomic E-state index is -0.999. The number of hydrogen-bond acceptors (Lipinski definition) is 3. The summed E-state index contributed by atoms with van der Waals surface area (Å²) in [6.45, 7) is 3.70. The number of carboxylic acid groups (broad SMARTS) is 1. The van der Waals surface area contributed by atoms with E-state index in [1.165, 1.54) is 16.7 Å². The Labute approximate surface area is 110 Å². The van der Waals surface area contributed by atoms with E-state index in [1.807, 2.05) is 0 Å². The van der Waals surface area contributed by atoms with E-state index < -0.39 is 5.97 Å². The first-order chi connectivity index (χ1) is 8.99. The highest BCUT2D eigenvalue weighted by atomic mass is 16.4. The van der Waals surface area contributed by atoms with Crippen molar-refractivity contribution in [3.8, 4) is 0 Å². The van der Waals surface area contributed by atoms with E-state index in [0.29, 0.717) is 17.1 Å². The third kappa shape index (κ3) is 2.70. The van der Waals surface area contributed by atoms with Crippen LogP contribution in [0.4, 0.5) is 0 Å². The molecule has 5 nitrogen and oxygen atoms in total. The summed E-state index contributed by atoms with van der Waals surface area (Å²) in [5, 5.41) is 9.12. The molecule has 0 aliphatic carbocycles. The molecule has 1 aromatic heterocycles. The van der Waals surface area contributed by atoms with Gasteiger partial charge in [0.1, 0.15) is 5.82 Å². The lowest BCUT2D eigenvalue weighted by molar-refractivity contribution is 0.0695. The highest BCUT2D eigenvalue weighted by Crippen LogP contribution is 2.10. The third-order valence-electron chi connectivity index (χ3n) is 2.90. The Kier molecular flexibility index (Phi) is 3.46. The molecule has 1 N–H and O–H groups in total. The molecule has 0 saturated heterocycles. The van der Waals surface area contributed by atoms with Crippen LogP contribution in [0.2, 0.25) is 0 Å². The molecule has 0 aliphatic heterocycles. The molecule has 0 saturated carbocycles. The molecule has 19 heavy (non-hydrogen) atoms. The Balaban J connectivity index is 2.48. The SMILES string of the molecule is Cc1cc(=O)n(Cc2ccccc2C(=O)O)c(C)n1. The molecule has 2 aromatic rings. The maximum Gasteiger partial charge on any atom is 0.336 e. The first-order valence-electron chi connectivity index (χ1n) is 5.85. The lowest BCUT2D eigenvalue weighted by Gasteiger charge is -2.11. The van der Waals surface area contributed by atoms with Crippen molar-refractivity contribution in [1.82, 2.24) is 9.55 Å². The fraction of sp³-hybridized carbons (Fsp3) is 0.214. The average Bonchev–Trinajstić information content (AvgIpc) is 2.34. The number of aromatic carboxylic acids is 1. The summed E-state index contributed by atoms with van der Waals surface area (Å²) in [5.41, 5.74) is 1.27. The molecule has 1 heterocycles. The topological polar surface area (TPSA) is 72.2 Å². The van der Waals surface area contributed by atoms with Crippen molar-refractivity contribution in [2.24, 2.45) is 0 Å². The zero-order valence-electron chi connectivity index (χ0n) is 10.8. The monoisotopic (exact) mass is 258 g/mol. The Morgan fingerprint density at radius 3 is 2.63 bits per heavy atom. The Bertz CT molecular complexity index is 689. The van der Waals surface area contributed by atoms with Crippen LogP contribution in [-0.2, 0) is 6.54 Å². The number of hydrogen-bond donors (Lipinski definition) is 1. The van der Waals surface area contributed by atoms with E-state index in [-0.39, 0.29) is 17.7 Å². The molecular formula is C14H14N2O3. The van der Waals surface area contributed by atoms with Gasteiger partial charge in [0.2, 0.25) is 0 Å². The Morgan fingerprint density at radius 2 is 2.00 bits per heavy atom. The van der Waals surface area contributed by atoms with Crippen LogP contribution in [0.5, 0.6) is 0 Å². The van der Waals surface area contributed by atoms with E-state index in [4.69, 9.17) is 5.11 Å². The second kappa shape index (κ2) is 5.06. The summed E-state index contributed by atoms with van der Waals surface area (Å²) >= 11 is 0. The summed E-state index contributed by atoms with van der Waals surface area (Å²) < 4.78 is 1.47. The number of rotatable bonds is 3. The second-order valence-electron chi connectivity index (χ2n) is 4.33. The van der Waals surface area contributed by atoms with Gasteiger partial charge in [-0.15, -0.1) is 0 Å². The zero-order valence-corrected chi connectivity index (χ0v) is 10.8. The van der Waals surface area contributed by atoms with Crippen molar-refractivity contribution < 1.29 is 9.90 Å². The smallest absolute Gasteiger partial charge is 0.336 e. The van der Waals surface area contributed by atoms with Gasteiger partial charge in [0.15, 0.2) is 0 Å². The van der Waals surface area contributed by atoms with Crippen molar-refractivity contribution in [3.05, 3.63) is 63.3 Å². The van der Waals surface area contributed by atoms with Crippen molar-refractivity contribution >= 4 is 5.97 Å². The molecule has 0 unspecified atom stereocenters. The van der Waals surface area contributed by atoms with Crippen molar-refractivity contribution in [1.29, 1.82) is 0 Å². The highest BCUT2D eigenvalue weighted by molar-refractivity contribution is 5.89. The molecule has 98 valence electrons. The maximum atomic E-state index is 11.9. The van der Waals surface area contributed by atoms with Crippen LogP contribution >= 0.6 is 0 Å². The molecule has 0 amide bonds. The average molecular weight is 258 g/mol. The van der Waals surface area contributed by atoms with E-state index in [2.05, 4.69) is 4.98 Å². The van der Waals surface area contributed by atoms with E-state index >= 15 is 0 Å². The zero-order chi connectivity index (χ0) is 14.0. The fourth-order valence-corrected chi connectivity index (χ4v) is 1.99. The molecule has 0 radical (unpaired) electrons. The van der Waals surface area contributed by atoms with E-state index in [0.717, 1.165) is 0 Å². The van der Waals surface area contributed by atoms with Crippen molar-refractivity contribution in [2.75, 3.05) is 0 Å². The van der Waals surface area contributed by atoms with E-state index in [1.54, 1.807) is 32.0 Å². The summed E-state index contributed by atoms with van der Waals surface area (Å²) in [5.74, 6) is -0.424. The molecule has 0 fully saturated rings. The molecule has 0 aliphatic rings. The number of carbonyl (C=O) groups is 1. The lowest BCUT2D eigenvalue weighted by Crippen LogP contribution is -2.24. The van der Waals surface area contributed by atoms with Crippen LogP contribution in [0.1, 0.15) is 27.4 Å². The predicted octanol–water partition coefficient (Wildman–Crippen LogP) is 1.61. The minimum absolute atomic E-state index is 0.176. The first-order valence-corrected chi connectivity index (χ1v) is 5.85. The van der Waals surface area contributed by atoms with Gasteiger partial charge in [-0.05, 0) is 25.5 Å². The number of aromatic nitrogens is 2. The molecule has 0 spiro atoms. The standard InChI is InChI=1S/C14H14N2O3/c1-9-7-13(17)16(10(2)15-9)8-11-5-3-4-6-12(11)14(18)19/h3-7H,8H2,1-2H3,(H,18,19). The predicted molar refractivity (Wildman–Crippen MR) is 70.5 cm³/mol. The summed E-state index contributed by atoms with van der Waals surface area (Å²) in [7, 11) is 0. The van der Waals surface area contributed by atoms with E-state index in [9.17, 15) is 9.59 Å². The van der Waals surface area contributed by atoms with Gasteiger partial charge >= 0.3 is 5.97 Å². The molecule has 2 rings (SSSR count). The highest BCUT2D eigenvalue weighted by Gasteiger charge is 2.11. The number of carboxylic acids is 1. The minimum Gasteiger partial charge on any atom is -0.478 e. The quantitative estimate of drug-likeness (QED) is 0.907.